The molecule has 0 aromatic heterocycles. The first-order valence-electron chi connectivity index (χ1n) is 8.31. The Morgan fingerprint density at radius 3 is 2.38 bits per heavy atom. The molecule has 0 atom stereocenters. The van der Waals surface area contributed by atoms with Gasteiger partial charge in [-0.3, -0.25) is 20.4 Å². The van der Waals surface area contributed by atoms with Crippen molar-refractivity contribution in [2.45, 2.75) is 19.3 Å². The highest BCUT2D eigenvalue weighted by molar-refractivity contribution is 6.32. The van der Waals surface area contributed by atoms with Crippen molar-refractivity contribution in [1.29, 1.82) is 0 Å². The molecule has 2 aromatic rings. The second kappa shape index (κ2) is 8.58. The van der Waals surface area contributed by atoms with Crippen molar-refractivity contribution >= 4 is 23.4 Å². The van der Waals surface area contributed by atoms with Crippen LogP contribution in [0.25, 0.3) is 0 Å². The van der Waals surface area contributed by atoms with Crippen LogP contribution in [0, 0.1) is 0 Å². The van der Waals surface area contributed by atoms with Crippen molar-refractivity contribution in [3.05, 3.63) is 58.6 Å². The Kier molecular flexibility index (Phi) is 5.96. The molecule has 2 N–H and O–H groups in total. The van der Waals surface area contributed by atoms with Crippen molar-refractivity contribution in [1.82, 2.24) is 10.9 Å². The molecule has 0 saturated heterocycles. The van der Waals surface area contributed by atoms with Crippen molar-refractivity contribution in [2.24, 2.45) is 0 Å². The van der Waals surface area contributed by atoms with Crippen LogP contribution in [-0.4, -0.2) is 25.0 Å². The van der Waals surface area contributed by atoms with E-state index in [1.165, 1.54) is 11.1 Å². The van der Waals surface area contributed by atoms with Crippen LogP contribution >= 0.6 is 11.6 Å². The summed E-state index contributed by atoms with van der Waals surface area (Å²) < 4.78 is 10.7. The maximum Gasteiger partial charge on any atom is 0.276 e. The molecule has 0 bridgehead atoms. The molecular weight excluding hydrogens is 356 g/mol. The molecule has 0 spiro atoms. The summed E-state index contributed by atoms with van der Waals surface area (Å²) in [6.45, 7) is -0.458. The SMILES string of the molecule is O=C(COc1ccc2c(c1)CCC2)NNC(=O)COc1ccccc1Cl. The Labute approximate surface area is 156 Å². The van der Waals surface area contributed by atoms with Crippen molar-refractivity contribution in [2.75, 3.05) is 13.2 Å². The van der Waals surface area contributed by atoms with E-state index in [2.05, 4.69) is 10.9 Å². The molecule has 0 saturated carbocycles. The van der Waals surface area contributed by atoms with Gasteiger partial charge in [0.25, 0.3) is 11.8 Å². The fraction of sp³-hybridized carbons (Fsp3) is 0.263. The van der Waals surface area contributed by atoms with Crippen LogP contribution < -0.4 is 20.3 Å². The van der Waals surface area contributed by atoms with E-state index in [-0.39, 0.29) is 13.2 Å². The van der Waals surface area contributed by atoms with Crippen molar-refractivity contribution in [3.8, 4) is 11.5 Å². The zero-order valence-corrected chi connectivity index (χ0v) is 14.8. The van der Waals surface area contributed by atoms with E-state index in [4.69, 9.17) is 21.1 Å². The highest BCUT2D eigenvalue weighted by atomic mass is 35.5. The van der Waals surface area contributed by atoms with E-state index in [0.29, 0.717) is 16.5 Å². The first-order chi connectivity index (χ1) is 12.6. The number of hydrazine groups is 1. The molecule has 0 unspecified atom stereocenters. The first-order valence-corrected chi connectivity index (χ1v) is 8.69. The lowest BCUT2D eigenvalue weighted by molar-refractivity contribution is -0.131. The average molecular weight is 375 g/mol. The number of hydrogen-bond acceptors (Lipinski definition) is 4. The van der Waals surface area contributed by atoms with E-state index >= 15 is 0 Å². The zero-order valence-electron chi connectivity index (χ0n) is 14.1. The smallest absolute Gasteiger partial charge is 0.276 e. The number of ether oxygens (including phenoxy) is 2. The number of rotatable bonds is 6. The predicted molar refractivity (Wildman–Crippen MR) is 97.2 cm³/mol. The molecule has 1 aliphatic carbocycles. The van der Waals surface area contributed by atoms with Gasteiger partial charge in [0, 0.05) is 0 Å². The van der Waals surface area contributed by atoms with Crippen LogP contribution in [0.15, 0.2) is 42.5 Å². The van der Waals surface area contributed by atoms with Crippen LogP contribution in [0.1, 0.15) is 17.5 Å². The summed E-state index contributed by atoms with van der Waals surface area (Å²) in [5.41, 5.74) is 7.15. The minimum absolute atomic E-state index is 0.190. The molecular formula is C19H19ClN2O4. The lowest BCUT2D eigenvalue weighted by Crippen LogP contribution is -2.45. The van der Waals surface area contributed by atoms with E-state index < -0.39 is 11.8 Å². The van der Waals surface area contributed by atoms with Crippen LogP contribution in [0.4, 0.5) is 0 Å². The van der Waals surface area contributed by atoms with Gasteiger partial charge in [0.15, 0.2) is 13.2 Å². The van der Waals surface area contributed by atoms with Gasteiger partial charge in [-0.15, -0.1) is 0 Å². The number of halogens is 1. The molecule has 0 fully saturated rings. The van der Waals surface area contributed by atoms with Gasteiger partial charge in [-0.2, -0.15) is 0 Å². The van der Waals surface area contributed by atoms with E-state index in [9.17, 15) is 9.59 Å². The van der Waals surface area contributed by atoms with Crippen LogP contribution in [0.3, 0.4) is 0 Å². The molecule has 0 aliphatic heterocycles. The second-order valence-corrected chi connectivity index (χ2v) is 6.30. The molecule has 7 heteroatoms. The van der Waals surface area contributed by atoms with Gasteiger partial charge in [0.2, 0.25) is 0 Å². The van der Waals surface area contributed by atoms with Gasteiger partial charge in [0.05, 0.1) is 5.02 Å². The molecule has 136 valence electrons. The topological polar surface area (TPSA) is 76.7 Å². The van der Waals surface area contributed by atoms with Crippen LogP contribution in [0.5, 0.6) is 11.5 Å². The first kappa shape index (κ1) is 18.1. The third-order valence-electron chi connectivity index (χ3n) is 3.98. The van der Waals surface area contributed by atoms with Crippen molar-refractivity contribution in [3.63, 3.8) is 0 Å². The molecule has 3 rings (SSSR count). The van der Waals surface area contributed by atoms with Crippen LogP contribution in [-0.2, 0) is 22.4 Å². The van der Waals surface area contributed by atoms with Gasteiger partial charge < -0.3 is 9.47 Å². The number of carbonyl (C=O) groups excluding carboxylic acids is 2. The third-order valence-corrected chi connectivity index (χ3v) is 4.29. The summed E-state index contributed by atoms with van der Waals surface area (Å²) in [4.78, 5) is 23.5. The predicted octanol–water partition coefficient (Wildman–Crippen LogP) is 2.43. The maximum atomic E-state index is 11.8. The Balaban J connectivity index is 1.37. The number of para-hydroxylation sites is 1. The minimum Gasteiger partial charge on any atom is -0.484 e. The minimum atomic E-state index is -0.504. The van der Waals surface area contributed by atoms with Gasteiger partial charge in [0.1, 0.15) is 11.5 Å². The molecule has 2 amide bonds. The number of benzene rings is 2. The molecule has 1 aliphatic rings. The highest BCUT2D eigenvalue weighted by Gasteiger charge is 2.12. The van der Waals surface area contributed by atoms with Gasteiger partial charge in [-0.25, -0.2) is 0 Å². The maximum absolute atomic E-state index is 11.8. The summed E-state index contributed by atoms with van der Waals surface area (Å²) in [6, 6.07) is 12.7. The fourth-order valence-corrected chi connectivity index (χ4v) is 2.89. The summed E-state index contributed by atoms with van der Waals surface area (Å²) in [5.74, 6) is 0.0807. The van der Waals surface area contributed by atoms with Gasteiger partial charge in [-0.05, 0) is 54.7 Å². The van der Waals surface area contributed by atoms with Crippen LogP contribution in [0.2, 0.25) is 5.02 Å². The molecule has 2 aromatic carbocycles. The zero-order chi connectivity index (χ0) is 18.4. The lowest BCUT2D eigenvalue weighted by Gasteiger charge is -2.11. The van der Waals surface area contributed by atoms with Gasteiger partial charge >= 0.3 is 0 Å². The van der Waals surface area contributed by atoms with E-state index in [1.807, 2.05) is 18.2 Å². The Morgan fingerprint density at radius 2 is 1.62 bits per heavy atom. The summed E-state index contributed by atoms with van der Waals surface area (Å²) >= 11 is 5.93. The molecule has 26 heavy (non-hydrogen) atoms. The molecule has 0 radical (unpaired) electrons. The Morgan fingerprint density at radius 1 is 0.923 bits per heavy atom. The highest BCUT2D eigenvalue weighted by Crippen LogP contribution is 2.26. The normalized spacial score (nSPS) is 12.2. The standard InChI is InChI=1S/C19H19ClN2O4/c20-16-6-1-2-7-17(16)26-12-19(24)22-21-18(23)11-25-15-9-8-13-4-3-5-14(13)10-15/h1-2,6-10H,3-5,11-12H2,(H,21,23)(H,22,24). The number of carbonyl (C=O) groups is 2. The van der Waals surface area contributed by atoms with E-state index in [0.717, 1.165) is 19.3 Å². The monoisotopic (exact) mass is 374 g/mol. The Bertz CT molecular complexity index is 810. The molecule has 0 heterocycles. The lowest BCUT2D eigenvalue weighted by atomic mass is 10.1. The number of aryl methyl sites for hydroxylation is 2. The quantitative estimate of drug-likeness (QED) is 0.761. The fourth-order valence-electron chi connectivity index (χ4n) is 2.70. The average Bonchev–Trinajstić information content (AvgIpc) is 3.12. The summed E-state index contributed by atoms with van der Waals surface area (Å²) in [6.07, 6.45) is 3.29. The third kappa shape index (κ3) is 4.89. The largest absolute Gasteiger partial charge is 0.484 e. The number of nitrogens with one attached hydrogen (secondary N) is 2. The number of fused-ring (bicyclic) bond motifs is 1. The van der Waals surface area contributed by atoms with Gasteiger partial charge in [-0.1, -0.05) is 29.8 Å². The van der Waals surface area contributed by atoms with Crippen molar-refractivity contribution < 1.29 is 19.1 Å². The summed E-state index contributed by atoms with van der Waals surface area (Å²) in [7, 11) is 0. The molecule has 6 nitrogen and oxygen atoms in total. The second-order valence-electron chi connectivity index (χ2n) is 5.89. The summed E-state index contributed by atoms with van der Waals surface area (Å²) in [5, 5.41) is 0.409. The number of amides is 2. The van der Waals surface area contributed by atoms with E-state index in [1.54, 1.807) is 24.3 Å². The Hall–Kier alpha value is -2.73. The number of hydrogen-bond donors (Lipinski definition) is 2.